The number of hydrogen-bond acceptors (Lipinski definition) is 3. The standard InChI is InChI=1S/C11H17N3O2/c1-7-5-9(14(2)13-7)6-12-10(11(15)16)8-3-4-8/h5,8,10,12H,3-4,6H2,1-2H3,(H,15,16). The Morgan fingerprint density at radius 1 is 1.75 bits per heavy atom. The van der Waals surface area contributed by atoms with E-state index in [-0.39, 0.29) is 0 Å². The second-order valence-electron chi connectivity index (χ2n) is 4.43. The van der Waals surface area contributed by atoms with Crippen LogP contribution in [0.2, 0.25) is 0 Å². The summed E-state index contributed by atoms with van der Waals surface area (Å²) in [6, 6.07) is 1.56. The van der Waals surface area contributed by atoms with Gasteiger partial charge in [-0.2, -0.15) is 5.10 Å². The minimum atomic E-state index is -0.749. The quantitative estimate of drug-likeness (QED) is 0.770. The van der Waals surface area contributed by atoms with Crippen LogP contribution in [-0.2, 0) is 18.4 Å². The van der Waals surface area contributed by atoms with Gasteiger partial charge in [0, 0.05) is 13.6 Å². The largest absolute Gasteiger partial charge is 0.480 e. The predicted octanol–water partition coefficient (Wildman–Crippen LogP) is 0.681. The van der Waals surface area contributed by atoms with Crippen molar-refractivity contribution in [3.63, 3.8) is 0 Å². The molecule has 0 amide bonds. The molecule has 0 radical (unpaired) electrons. The zero-order valence-electron chi connectivity index (χ0n) is 9.60. The van der Waals surface area contributed by atoms with Crippen molar-refractivity contribution in [2.45, 2.75) is 32.4 Å². The van der Waals surface area contributed by atoms with Gasteiger partial charge in [0.15, 0.2) is 0 Å². The molecule has 5 heteroatoms. The van der Waals surface area contributed by atoms with Gasteiger partial charge in [-0.1, -0.05) is 0 Å². The first-order chi connectivity index (χ1) is 7.58. The number of carboxylic acid groups (broad SMARTS) is 1. The molecule has 1 aliphatic carbocycles. The Labute approximate surface area is 94.5 Å². The first kappa shape index (κ1) is 11.1. The molecule has 0 aliphatic heterocycles. The van der Waals surface area contributed by atoms with Crippen LogP contribution in [0, 0.1) is 12.8 Å². The SMILES string of the molecule is Cc1cc(CNC(C(=O)O)C2CC2)n(C)n1. The summed E-state index contributed by atoms with van der Waals surface area (Å²) in [6.07, 6.45) is 2.04. The van der Waals surface area contributed by atoms with E-state index < -0.39 is 12.0 Å². The summed E-state index contributed by atoms with van der Waals surface area (Å²) in [5.74, 6) is -0.437. The summed E-state index contributed by atoms with van der Waals surface area (Å²) in [5.41, 5.74) is 1.97. The Bertz CT molecular complexity index is 396. The third kappa shape index (κ3) is 2.41. The summed E-state index contributed by atoms with van der Waals surface area (Å²) in [5, 5.41) is 16.4. The molecule has 88 valence electrons. The molecule has 1 heterocycles. The van der Waals surface area contributed by atoms with Gasteiger partial charge in [0.25, 0.3) is 0 Å². The van der Waals surface area contributed by atoms with Crippen molar-refractivity contribution < 1.29 is 9.90 Å². The zero-order chi connectivity index (χ0) is 11.7. The van der Waals surface area contributed by atoms with Crippen LogP contribution in [0.1, 0.15) is 24.2 Å². The van der Waals surface area contributed by atoms with Crippen molar-refractivity contribution in [1.29, 1.82) is 0 Å². The predicted molar refractivity (Wildman–Crippen MR) is 58.9 cm³/mol. The van der Waals surface area contributed by atoms with Gasteiger partial charge in [-0.3, -0.25) is 14.8 Å². The number of aryl methyl sites for hydroxylation is 2. The van der Waals surface area contributed by atoms with Crippen LogP contribution < -0.4 is 5.32 Å². The van der Waals surface area contributed by atoms with Crippen LogP contribution in [0.5, 0.6) is 0 Å². The van der Waals surface area contributed by atoms with E-state index in [1.807, 2.05) is 20.0 Å². The Hall–Kier alpha value is -1.36. The fourth-order valence-electron chi connectivity index (χ4n) is 1.93. The third-order valence-corrected chi connectivity index (χ3v) is 2.96. The maximum Gasteiger partial charge on any atom is 0.320 e. The van der Waals surface area contributed by atoms with Gasteiger partial charge >= 0.3 is 5.97 Å². The van der Waals surface area contributed by atoms with Crippen molar-refractivity contribution in [2.24, 2.45) is 13.0 Å². The molecule has 2 rings (SSSR count). The molecule has 0 aromatic carbocycles. The lowest BCUT2D eigenvalue weighted by Gasteiger charge is -2.13. The molecule has 1 aliphatic rings. The summed E-state index contributed by atoms with van der Waals surface area (Å²) in [7, 11) is 1.87. The minimum absolute atomic E-state index is 0.312. The van der Waals surface area contributed by atoms with E-state index in [0.717, 1.165) is 24.2 Å². The average Bonchev–Trinajstić information content (AvgIpc) is 2.94. The van der Waals surface area contributed by atoms with Gasteiger partial charge in [-0.15, -0.1) is 0 Å². The monoisotopic (exact) mass is 223 g/mol. The molecule has 5 nitrogen and oxygen atoms in total. The molecular formula is C11H17N3O2. The highest BCUT2D eigenvalue weighted by atomic mass is 16.4. The molecule has 16 heavy (non-hydrogen) atoms. The van der Waals surface area contributed by atoms with Crippen LogP contribution in [-0.4, -0.2) is 26.9 Å². The normalized spacial score (nSPS) is 17.4. The number of aliphatic carboxylic acids is 1. The van der Waals surface area contributed by atoms with Crippen LogP contribution in [0.15, 0.2) is 6.07 Å². The Morgan fingerprint density at radius 3 is 2.88 bits per heavy atom. The molecule has 1 atom stereocenters. The van der Waals surface area contributed by atoms with Gasteiger partial charge in [0.05, 0.1) is 11.4 Å². The van der Waals surface area contributed by atoms with Gasteiger partial charge in [-0.25, -0.2) is 0 Å². The molecule has 1 aromatic rings. The summed E-state index contributed by atoms with van der Waals surface area (Å²) in [6.45, 7) is 2.49. The molecule has 0 saturated heterocycles. The highest BCUT2D eigenvalue weighted by Gasteiger charge is 2.35. The molecule has 0 bridgehead atoms. The van der Waals surface area contributed by atoms with Gasteiger partial charge in [-0.05, 0) is 31.7 Å². The maximum absolute atomic E-state index is 11.0. The first-order valence-corrected chi connectivity index (χ1v) is 5.53. The van der Waals surface area contributed by atoms with E-state index in [9.17, 15) is 4.79 Å². The van der Waals surface area contributed by atoms with Crippen LogP contribution in [0.4, 0.5) is 0 Å². The minimum Gasteiger partial charge on any atom is -0.480 e. The Balaban J connectivity index is 1.95. The summed E-state index contributed by atoms with van der Waals surface area (Å²) in [4.78, 5) is 11.0. The first-order valence-electron chi connectivity index (χ1n) is 5.53. The number of carboxylic acids is 1. The molecular weight excluding hydrogens is 206 g/mol. The molecule has 0 spiro atoms. The third-order valence-electron chi connectivity index (χ3n) is 2.96. The lowest BCUT2D eigenvalue weighted by atomic mass is 10.2. The molecule has 1 unspecified atom stereocenters. The topological polar surface area (TPSA) is 67.2 Å². The van der Waals surface area contributed by atoms with Crippen LogP contribution in [0.25, 0.3) is 0 Å². The van der Waals surface area contributed by atoms with E-state index in [4.69, 9.17) is 5.11 Å². The fourth-order valence-corrected chi connectivity index (χ4v) is 1.93. The fraction of sp³-hybridized carbons (Fsp3) is 0.636. The van der Waals surface area contributed by atoms with Crippen molar-refractivity contribution in [3.05, 3.63) is 17.5 Å². The number of aromatic nitrogens is 2. The van der Waals surface area contributed by atoms with Crippen LogP contribution >= 0.6 is 0 Å². The molecule has 1 aromatic heterocycles. The van der Waals surface area contributed by atoms with Crippen molar-refractivity contribution in [1.82, 2.24) is 15.1 Å². The van der Waals surface area contributed by atoms with Gasteiger partial charge in [0.2, 0.25) is 0 Å². The zero-order valence-corrected chi connectivity index (χ0v) is 9.60. The van der Waals surface area contributed by atoms with E-state index in [1.54, 1.807) is 4.68 Å². The number of nitrogens with one attached hydrogen (secondary N) is 1. The highest BCUT2D eigenvalue weighted by Crippen LogP contribution is 2.32. The number of nitrogens with zero attached hydrogens (tertiary/aromatic N) is 2. The maximum atomic E-state index is 11.0. The lowest BCUT2D eigenvalue weighted by molar-refractivity contribution is -0.140. The molecule has 2 N–H and O–H groups in total. The lowest BCUT2D eigenvalue weighted by Crippen LogP contribution is -2.38. The highest BCUT2D eigenvalue weighted by molar-refractivity contribution is 5.74. The second kappa shape index (κ2) is 4.25. The summed E-state index contributed by atoms with van der Waals surface area (Å²) >= 11 is 0. The number of carbonyl (C=O) groups is 1. The van der Waals surface area contributed by atoms with E-state index in [1.165, 1.54) is 0 Å². The van der Waals surface area contributed by atoms with Gasteiger partial charge < -0.3 is 5.11 Å². The average molecular weight is 223 g/mol. The van der Waals surface area contributed by atoms with Crippen LogP contribution in [0.3, 0.4) is 0 Å². The number of rotatable bonds is 5. The van der Waals surface area contributed by atoms with E-state index in [0.29, 0.717) is 12.5 Å². The van der Waals surface area contributed by atoms with E-state index in [2.05, 4.69) is 10.4 Å². The Kier molecular flexibility index (Phi) is 2.96. The second-order valence-corrected chi connectivity index (χ2v) is 4.43. The van der Waals surface area contributed by atoms with Crippen molar-refractivity contribution in [2.75, 3.05) is 0 Å². The van der Waals surface area contributed by atoms with E-state index >= 15 is 0 Å². The molecule has 1 saturated carbocycles. The Morgan fingerprint density at radius 2 is 2.44 bits per heavy atom. The van der Waals surface area contributed by atoms with Gasteiger partial charge in [0.1, 0.15) is 6.04 Å². The summed E-state index contributed by atoms with van der Waals surface area (Å²) < 4.78 is 1.79. The van der Waals surface area contributed by atoms with Crippen molar-refractivity contribution in [3.8, 4) is 0 Å². The van der Waals surface area contributed by atoms with Crippen molar-refractivity contribution >= 4 is 5.97 Å². The number of hydrogen-bond donors (Lipinski definition) is 2. The molecule has 1 fully saturated rings. The smallest absolute Gasteiger partial charge is 0.320 e.